The molecule has 1 aromatic heterocycles. The minimum Gasteiger partial charge on any atom is -0.478 e. The fourth-order valence-corrected chi connectivity index (χ4v) is 1.21. The largest absolute Gasteiger partial charge is 0.478 e. The van der Waals surface area contributed by atoms with E-state index in [4.69, 9.17) is 11.5 Å². The second-order valence-corrected chi connectivity index (χ2v) is 3.28. The number of anilines is 1. The normalized spacial score (nSPS) is 9.47. The van der Waals surface area contributed by atoms with E-state index in [0.717, 1.165) is 6.20 Å². The number of hydrogen-bond acceptors (Lipinski definition) is 4. The number of rotatable bonds is 3. The number of carboxylic acids is 1. The second-order valence-electron chi connectivity index (χ2n) is 3.28. The zero-order valence-corrected chi connectivity index (χ0v) is 9.47. The summed E-state index contributed by atoms with van der Waals surface area (Å²) in [5.74, 6) is 1.01. The van der Waals surface area contributed by atoms with Gasteiger partial charge in [0.2, 0.25) is 11.9 Å². The Hall–Kier alpha value is -2.42. The minimum absolute atomic E-state index is 0.00189. The Balaban J connectivity index is 3.16. The molecule has 1 aromatic rings. The highest BCUT2D eigenvalue weighted by molar-refractivity contribution is 5.91. The number of amides is 1. The van der Waals surface area contributed by atoms with Gasteiger partial charge in [-0.15, -0.1) is 6.42 Å². The third-order valence-corrected chi connectivity index (χ3v) is 2.07. The highest BCUT2D eigenvalue weighted by Crippen LogP contribution is 2.11. The van der Waals surface area contributed by atoms with Crippen molar-refractivity contribution in [1.82, 2.24) is 9.97 Å². The van der Waals surface area contributed by atoms with E-state index >= 15 is 0 Å². The van der Waals surface area contributed by atoms with E-state index in [-0.39, 0.29) is 29.7 Å². The van der Waals surface area contributed by atoms with Gasteiger partial charge in [-0.25, -0.2) is 14.8 Å². The molecule has 0 fully saturated rings. The summed E-state index contributed by atoms with van der Waals surface area (Å²) in [5, 5.41) is 8.81. The third kappa shape index (κ3) is 2.78. The molecule has 0 aliphatic heterocycles. The number of nitrogens with zero attached hydrogens (tertiary/aromatic N) is 3. The molecule has 0 saturated carbocycles. The fraction of sp³-hybridized carbons (Fsp3) is 0.273. The van der Waals surface area contributed by atoms with Crippen molar-refractivity contribution in [3.8, 4) is 12.3 Å². The summed E-state index contributed by atoms with van der Waals surface area (Å²) < 4.78 is 0. The first kappa shape index (κ1) is 12.6. The van der Waals surface area contributed by atoms with E-state index in [1.807, 2.05) is 0 Å². The van der Waals surface area contributed by atoms with Crippen LogP contribution in [0.5, 0.6) is 0 Å². The topological polar surface area (TPSA) is 83.4 Å². The van der Waals surface area contributed by atoms with Crippen molar-refractivity contribution in [2.24, 2.45) is 0 Å². The molecule has 1 amide bonds. The predicted octanol–water partition coefficient (Wildman–Crippen LogP) is 0.469. The molecular weight excluding hydrogens is 222 g/mol. The van der Waals surface area contributed by atoms with E-state index in [0.29, 0.717) is 0 Å². The SMILES string of the molecule is C#CCN(C(C)=O)c1ncc(C(=O)O)c(C)n1. The van der Waals surface area contributed by atoms with Crippen LogP contribution in [-0.4, -0.2) is 33.5 Å². The monoisotopic (exact) mass is 233 g/mol. The summed E-state index contributed by atoms with van der Waals surface area (Å²) in [7, 11) is 0. The number of carbonyl (C=O) groups excluding carboxylic acids is 1. The van der Waals surface area contributed by atoms with Crippen molar-refractivity contribution < 1.29 is 14.7 Å². The zero-order valence-electron chi connectivity index (χ0n) is 9.47. The minimum atomic E-state index is -1.11. The van der Waals surface area contributed by atoms with Gasteiger partial charge in [0, 0.05) is 13.1 Å². The predicted molar refractivity (Wildman–Crippen MR) is 60.6 cm³/mol. The lowest BCUT2D eigenvalue weighted by Crippen LogP contribution is -2.30. The molecule has 0 aliphatic rings. The molecule has 0 radical (unpaired) electrons. The van der Waals surface area contributed by atoms with Crippen LogP contribution in [-0.2, 0) is 4.79 Å². The van der Waals surface area contributed by atoms with E-state index in [1.165, 1.54) is 18.7 Å². The van der Waals surface area contributed by atoms with Gasteiger partial charge in [-0.2, -0.15) is 0 Å². The maximum atomic E-state index is 11.3. The summed E-state index contributed by atoms with van der Waals surface area (Å²) in [4.78, 5) is 31.0. The first-order chi connectivity index (χ1) is 7.97. The standard InChI is InChI=1S/C11H11N3O3/c1-4-5-14(8(3)15)11-12-6-9(10(16)17)7(2)13-11/h1,6H,5H2,2-3H3,(H,16,17). The Morgan fingerprint density at radius 3 is 2.65 bits per heavy atom. The van der Waals surface area contributed by atoms with E-state index in [9.17, 15) is 9.59 Å². The highest BCUT2D eigenvalue weighted by atomic mass is 16.4. The lowest BCUT2D eigenvalue weighted by molar-refractivity contribution is -0.116. The summed E-state index contributed by atoms with van der Waals surface area (Å²) in [5.41, 5.74) is 0.281. The number of carboxylic acid groups (broad SMARTS) is 1. The van der Waals surface area contributed by atoms with Crippen LogP contribution in [0.3, 0.4) is 0 Å². The molecule has 0 bridgehead atoms. The molecule has 1 heterocycles. The van der Waals surface area contributed by atoms with Crippen LogP contribution in [0.25, 0.3) is 0 Å². The lowest BCUT2D eigenvalue weighted by atomic mass is 10.2. The second kappa shape index (κ2) is 5.07. The molecule has 0 aliphatic carbocycles. The first-order valence-electron chi connectivity index (χ1n) is 4.76. The number of aryl methyl sites for hydroxylation is 1. The zero-order chi connectivity index (χ0) is 13.0. The Morgan fingerprint density at radius 2 is 2.24 bits per heavy atom. The van der Waals surface area contributed by atoms with Gasteiger partial charge in [0.15, 0.2) is 0 Å². The average molecular weight is 233 g/mol. The van der Waals surface area contributed by atoms with Crippen LogP contribution >= 0.6 is 0 Å². The summed E-state index contributed by atoms with van der Waals surface area (Å²) >= 11 is 0. The summed E-state index contributed by atoms with van der Waals surface area (Å²) in [6, 6.07) is 0. The highest BCUT2D eigenvalue weighted by Gasteiger charge is 2.16. The summed E-state index contributed by atoms with van der Waals surface area (Å²) in [6.07, 6.45) is 6.29. The Kier molecular flexibility index (Phi) is 3.78. The van der Waals surface area contributed by atoms with Crippen LogP contribution in [0.1, 0.15) is 23.0 Å². The van der Waals surface area contributed by atoms with Gasteiger partial charge >= 0.3 is 5.97 Å². The molecule has 0 spiro atoms. The molecule has 6 nitrogen and oxygen atoms in total. The van der Waals surface area contributed by atoms with Gasteiger partial charge in [-0.05, 0) is 6.92 Å². The van der Waals surface area contributed by atoms with Crippen molar-refractivity contribution in [2.45, 2.75) is 13.8 Å². The van der Waals surface area contributed by atoms with Crippen LogP contribution in [0.15, 0.2) is 6.20 Å². The lowest BCUT2D eigenvalue weighted by Gasteiger charge is -2.16. The molecule has 0 saturated heterocycles. The number of terminal acetylenes is 1. The first-order valence-corrected chi connectivity index (χ1v) is 4.76. The molecule has 1 rings (SSSR count). The van der Waals surface area contributed by atoms with Gasteiger partial charge in [-0.3, -0.25) is 9.69 Å². The van der Waals surface area contributed by atoms with Crippen molar-refractivity contribution >= 4 is 17.8 Å². The molecule has 0 aromatic carbocycles. The van der Waals surface area contributed by atoms with Crippen molar-refractivity contribution in [2.75, 3.05) is 11.4 Å². The number of hydrogen-bond donors (Lipinski definition) is 1. The number of aromatic nitrogens is 2. The summed E-state index contributed by atoms with van der Waals surface area (Å²) in [6.45, 7) is 2.91. The molecule has 1 N–H and O–H groups in total. The average Bonchev–Trinajstić information content (AvgIpc) is 2.24. The van der Waals surface area contributed by atoms with Crippen LogP contribution in [0.2, 0.25) is 0 Å². The molecule has 17 heavy (non-hydrogen) atoms. The molecule has 0 unspecified atom stereocenters. The van der Waals surface area contributed by atoms with Gasteiger partial charge in [0.1, 0.15) is 0 Å². The third-order valence-electron chi connectivity index (χ3n) is 2.07. The Labute approximate surface area is 98.3 Å². The molecule has 88 valence electrons. The quantitative estimate of drug-likeness (QED) is 0.767. The van der Waals surface area contributed by atoms with Crippen LogP contribution in [0.4, 0.5) is 5.95 Å². The van der Waals surface area contributed by atoms with Crippen molar-refractivity contribution in [3.05, 3.63) is 17.5 Å². The van der Waals surface area contributed by atoms with Crippen LogP contribution < -0.4 is 4.90 Å². The van der Waals surface area contributed by atoms with Gasteiger partial charge in [-0.1, -0.05) is 5.92 Å². The fourth-order valence-electron chi connectivity index (χ4n) is 1.21. The van der Waals surface area contributed by atoms with Gasteiger partial charge in [0.05, 0.1) is 17.8 Å². The Bertz CT molecular complexity index is 505. The van der Waals surface area contributed by atoms with E-state index < -0.39 is 5.97 Å². The van der Waals surface area contributed by atoms with E-state index in [2.05, 4.69) is 15.9 Å². The van der Waals surface area contributed by atoms with Gasteiger partial charge < -0.3 is 5.11 Å². The van der Waals surface area contributed by atoms with Gasteiger partial charge in [0.25, 0.3) is 0 Å². The maximum absolute atomic E-state index is 11.3. The molecule has 6 heteroatoms. The van der Waals surface area contributed by atoms with E-state index in [1.54, 1.807) is 0 Å². The number of carbonyl (C=O) groups is 2. The van der Waals surface area contributed by atoms with Crippen molar-refractivity contribution in [3.63, 3.8) is 0 Å². The van der Waals surface area contributed by atoms with Crippen molar-refractivity contribution in [1.29, 1.82) is 0 Å². The Morgan fingerprint density at radius 1 is 1.59 bits per heavy atom. The van der Waals surface area contributed by atoms with Crippen LogP contribution in [0, 0.1) is 19.3 Å². The smallest absolute Gasteiger partial charge is 0.339 e. The molecular formula is C11H11N3O3. The maximum Gasteiger partial charge on any atom is 0.339 e. The molecule has 0 atom stereocenters. The number of aromatic carboxylic acids is 1.